The molecule has 0 aliphatic carbocycles. The van der Waals surface area contributed by atoms with Gasteiger partial charge in [-0.3, -0.25) is 4.79 Å². The number of hydrogen-bond donors (Lipinski definition) is 1. The van der Waals surface area contributed by atoms with Crippen molar-refractivity contribution in [1.82, 2.24) is 19.8 Å². The maximum Gasteiger partial charge on any atom is 0.226 e. The minimum Gasteiger partial charge on any atom is -0.491 e. The second kappa shape index (κ2) is 9.46. The Kier molecular flexibility index (Phi) is 7.58. The zero-order chi connectivity index (χ0) is 17.8. The Morgan fingerprint density at radius 2 is 2.23 bits per heavy atom. The second-order valence-corrected chi connectivity index (χ2v) is 6.64. The molecule has 0 radical (unpaired) electrons. The van der Waals surface area contributed by atoms with E-state index in [0.29, 0.717) is 28.9 Å². The predicted molar refractivity (Wildman–Crippen MR) is 104 cm³/mol. The summed E-state index contributed by atoms with van der Waals surface area (Å²) in [5, 5.41) is 4.12. The highest BCUT2D eigenvalue weighted by Crippen LogP contribution is 2.31. The van der Waals surface area contributed by atoms with Gasteiger partial charge in [-0.1, -0.05) is 29.3 Å². The van der Waals surface area contributed by atoms with Gasteiger partial charge in [0, 0.05) is 39.1 Å². The number of amides is 1. The summed E-state index contributed by atoms with van der Waals surface area (Å²) in [5.41, 5.74) is 0. The molecule has 1 aromatic carbocycles. The van der Waals surface area contributed by atoms with Gasteiger partial charge in [0.05, 0.1) is 18.1 Å². The van der Waals surface area contributed by atoms with Gasteiger partial charge in [0.2, 0.25) is 5.91 Å². The van der Waals surface area contributed by atoms with E-state index in [9.17, 15) is 4.79 Å². The number of aromatic nitrogens is 2. The van der Waals surface area contributed by atoms with Crippen LogP contribution in [-0.4, -0.2) is 46.6 Å². The molecule has 1 unspecified atom stereocenters. The fourth-order valence-corrected chi connectivity index (χ4v) is 3.27. The molecule has 2 heterocycles. The van der Waals surface area contributed by atoms with E-state index in [4.69, 9.17) is 27.9 Å². The van der Waals surface area contributed by atoms with Crippen LogP contribution in [0, 0.1) is 0 Å². The van der Waals surface area contributed by atoms with E-state index < -0.39 is 0 Å². The van der Waals surface area contributed by atoms with Gasteiger partial charge in [0.25, 0.3) is 0 Å². The van der Waals surface area contributed by atoms with Crippen LogP contribution in [-0.2, 0) is 11.8 Å². The predicted octanol–water partition coefficient (Wildman–Crippen LogP) is 3.09. The van der Waals surface area contributed by atoms with Gasteiger partial charge >= 0.3 is 0 Å². The average Bonchev–Trinajstić information content (AvgIpc) is 3.04. The maximum atomic E-state index is 12.7. The number of hydrogen-bond acceptors (Lipinski definition) is 4. The van der Waals surface area contributed by atoms with E-state index in [2.05, 4.69) is 10.3 Å². The van der Waals surface area contributed by atoms with Crippen LogP contribution in [0.4, 0.5) is 0 Å². The van der Waals surface area contributed by atoms with E-state index in [1.165, 1.54) is 0 Å². The standard InChI is InChI=1S/C17H20Cl2N4O2.ClH/c1-22-8-7-21-17(22)13-11-20-6-9-23(13)15(24)5-10-25-14-4-2-3-12(18)16(14)19;/h2-4,7-8,13,20H,5-6,9-11H2,1H3;1H. The largest absolute Gasteiger partial charge is 0.491 e. The normalized spacial score (nSPS) is 16.9. The van der Waals surface area contributed by atoms with Crippen molar-refractivity contribution in [3.63, 3.8) is 0 Å². The molecule has 1 amide bonds. The van der Waals surface area contributed by atoms with Crippen LogP contribution in [0.3, 0.4) is 0 Å². The number of carbonyl (C=O) groups is 1. The number of ether oxygens (including phenoxy) is 1. The number of rotatable bonds is 5. The Morgan fingerprint density at radius 3 is 2.96 bits per heavy atom. The number of halogens is 3. The zero-order valence-corrected chi connectivity index (χ0v) is 16.7. The molecular formula is C17H21Cl3N4O2. The monoisotopic (exact) mass is 418 g/mol. The minimum absolute atomic E-state index is 0. The number of nitrogens with zero attached hydrogens (tertiary/aromatic N) is 3. The molecule has 3 rings (SSSR count). The molecular weight excluding hydrogens is 399 g/mol. The summed E-state index contributed by atoms with van der Waals surface area (Å²) >= 11 is 12.1. The lowest BCUT2D eigenvalue weighted by molar-refractivity contribution is -0.135. The molecule has 1 N–H and O–H groups in total. The third kappa shape index (κ3) is 4.62. The smallest absolute Gasteiger partial charge is 0.226 e. The van der Waals surface area contributed by atoms with Gasteiger partial charge in [-0.15, -0.1) is 12.4 Å². The molecule has 1 saturated heterocycles. The lowest BCUT2D eigenvalue weighted by atomic mass is 10.1. The maximum absolute atomic E-state index is 12.7. The lowest BCUT2D eigenvalue weighted by Crippen LogP contribution is -2.49. The van der Waals surface area contributed by atoms with Crippen molar-refractivity contribution >= 4 is 41.5 Å². The van der Waals surface area contributed by atoms with Gasteiger partial charge in [0.1, 0.15) is 22.6 Å². The highest BCUT2D eigenvalue weighted by molar-refractivity contribution is 6.42. The Labute approximate surface area is 168 Å². The Balaban J connectivity index is 0.00000243. The van der Waals surface area contributed by atoms with E-state index >= 15 is 0 Å². The van der Waals surface area contributed by atoms with Crippen molar-refractivity contribution in [2.24, 2.45) is 7.05 Å². The van der Waals surface area contributed by atoms with Crippen LogP contribution in [0.5, 0.6) is 5.75 Å². The molecule has 1 atom stereocenters. The molecule has 1 aliphatic heterocycles. The summed E-state index contributed by atoms with van der Waals surface area (Å²) in [6, 6.07) is 5.12. The third-order valence-electron chi connectivity index (χ3n) is 4.21. The SMILES string of the molecule is Cl.Cn1ccnc1C1CNCCN1C(=O)CCOc1cccc(Cl)c1Cl. The number of carbonyl (C=O) groups excluding carboxylic acids is 1. The highest BCUT2D eigenvalue weighted by atomic mass is 35.5. The summed E-state index contributed by atoms with van der Waals surface area (Å²) in [6.45, 7) is 2.36. The fourth-order valence-electron chi connectivity index (χ4n) is 2.92. The first-order chi connectivity index (χ1) is 12.1. The van der Waals surface area contributed by atoms with Crippen molar-refractivity contribution in [1.29, 1.82) is 0 Å². The van der Waals surface area contributed by atoms with Gasteiger partial charge in [-0.25, -0.2) is 4.98 Å². The number of imidazole rings is 1. The lowest BCUT2D eigenvalue weighted by Gasteiger charge is -2.35. The van der Waals surface area contributed by atoms with Crippen LogP contribution < -0.4 is 10.1 Å². The van der Waals surface area contributed by atoms with Crippen molar-refractivity contribution in [3.05, 3.63) is 46.5 Å². The Bertz CT molecular complexity index is 753. The first kappa shape index (κ1) is 20.8. The molecule has 1 aromatic heterocycles. The van der Waals surface area contributed by atoms with E-state index in [1.54, 1.807) is 24.4 Å². The van der Waals surface area contributed by atoms with Crippen molar-refractivity contribution in [3.8, 4) is 5.75 Å². The first-order valence-corrected chi connectivity index (χ1v) is 8.87. The Hall–Kier alpha value is -1.47. The molecule has 2 aromatic rings. The molecule has 0 spiro atoms. The molecule has 1 fully saturated rings. The third-order valence-corrected chi connectivity index (χ3v) is 5.01. The Morgan fingerprint density at radius 1 is 1.42 bits per heavy atom. The van der Waals surface area contributed by atoms with Crippen molar-refractivity contribution in [2.45, 2.75) is 12.5 Å². The topological polar surface area (TPSA) is 59.4 Å². The van der Waals surface area contributed by atoms with Crippen LogP contribution in [0.1, 0.15) is 18.3 Å². The van der Waals surface area contributed by atoms with Crippen LogP contribution in [0.25, 0.3) is 0 Å². The molecule has 6 nitrogen and oxygen atoms in total. The number of nitrogens with one attached hydrogen (secondary N) is 1. The van der Waals surface area contributed by atoms with E-state index in [0.717, 1.165) is 12.4 Å². The highest BCUT2D eigenvalue weighted by Gasteiger charge is 2.30. The molecule has 26 heavy (non-hydrogen) atoms. The average molecular weight is 420 g/mol. The number of benzene rings is 1. The van der Waals surface area contributed by atoms with Gasteiger partial charge < -0.3 is 19.5 Å². The minimum atomic E-state index is -0.0731. The summed E-state index contributed by atoms with van der Waals surface area (Å²) < 4.78 is 7.57. The molecule has 0 saturated carbocycles. The van der Waals surface area contributed by atoms with E-state index in [1.807, 2.05) is 22.7 Å². The van der Waals surface area contributed by atoms with Gasteiger partial charge in [-0.2, -0.15) is 0 Å². The zero-order valence-electron chi connectivity index (χ0n) is 14.3. The summed E-state index contributed by atoms with van der Waals surface area (Å²) in [7, 11) is 1.93. The summed E-state index contributed by atoms with van der Waals surface area (Å²) in [6.07, 6.45) is 3.90. The van der Waals surface area contributed by atoms with Gasteiger partial charge in [0.15, 0.2) is 0 Å². The second-order valence-electron chi connectivity index (χ2n) is 5.85. The van der Waals surface area contributed by atoms with Crippen LogP contribution in [0.2, 0.25) is 10.0 Å². The molecule has 1 aliphatic rings. The molecule has 9 heteroatoms. The van der Waals surface area contributed by atoms with Crippen molar-refractivity contribution < 1.29 is 9.53 Å². The van der Waals surface area contributed by atoms with Crippen molar-refractivity contribution in [2.75, 3.05) is 26.2 Å². The van der Waals surface area contributed by atoms with Crippen LogP contribution >= 0.6 is 35.6 Å². The number of piperazine rings is 1. The fraction of sp³-hybridized carbons (Fsp3) is 0.412. The molecule has 142 valence electrons. The van der Waals surface area contributed by atoms with Gasteiger partial charge in [-0.05, 0) is 12.1 Å². The summed E-state index contributed by atoms with van der Waals surface area (Å²) in [5.74, 6) is 1.40. The first-order valence-electron chi connectivity index (χ1n) is 8.12. The quantitative estimate of drug-likeness (QED) is 0.809. The van der Waals surface area contributed by atoms with E-state index in [-0.39, 0.29) is 37.4 Å². The molecule has 0 bridgehead atoms. The van der Waals surface area contributed by atoms with Crippen LogP contribution in [0.15, 0.2) is 30.6 Å². The number of aryl methyl sites for hydroxylation is 1. The summed E-state index contributed by atoms with van der Waals surface area (Å²) in [4.78, 5) is 18.9.